The number of unbranched alkanes of at least 4 members (excludes halogenated alkanes) is 3. The molecular formula is C29H55NO8. The van der Waals surface area contributed by atoms with Crippen molar-refractivity contribution in [3.63, 3.8) is 0 Å². The number of hydrogen-bond acceptors (Lipinski definition) is 7. The van der Waals surface area contributed by atoms with Gasteiger partial charge in [-0.15, -0.1) is 0 Å². The van der Waals surface area contributed by atoms with Crippen molar-refractivity contribution < 1.29 is 38.5 Å². The Bertz CT molecular complexity index is 675. The molecule has 0 aliphatic rings. The van der Waals surface area contributed by atoms with Crippen LogP contribution in [0, 0.1) is 16.7 Å². The van der Waals surface area contributed by atoms with Gasteiger partial charge in [-0.25, -0.2) is 4.79 Å². The van der Waals surface area contributed by atoms with Crippen molar-refractivity contribution in [2.45, 2.75) is 120 Å². The molecule has 2 N–H and O–H groups in total. The number of aliphatic carboxylic acids is 1. The molecule has 0 radical (unpaired) electrons. The molecular weight excluding hydrogens is 490 g/mol. The van der Waals surface area contributed by atoms with E-state index in [1.165, 1.54) is 6.42 Å². The highest BCUT2D eigenvalue weighted by Crippen LogP contribution is 2.21. The monoisotopic (exact) mass is 545 g/mol. The number of ether oxygens (including phenoxy) is 3. The van der Waals surface area contributed by atoms with E-state index in [4.69, 9.17) is 19.3 Å². The highest BCUT2D eigenvalue weighted by molar-refractivity contribution is 5.75. The number of carbonyl (C=O) groups is 4. The van der Waals surface area contributed by atoms with Crippen molar-refractivity contribution in [3.05, 3.63) is 0 Å². The first-order valence-electron chi connectivity index (χ1n) is 14.2. The first-order chi connectivity index (χ1) is 17.8. The molecule has 0 aliphatic heterocycles. The van der Waals surface area contributed by atoms with E-state index in [9.17, 15) is 19.2 Å². The average Bonchev–Trinajstić information content (AvgIpc) is 2.88. The number of amides is 1. The second-order valence-corrected chi connectivity index (χ2v) is 10.9. The van der Waals surface area contributed by atoms with E-state index in [1.807, 2.05) is 27.7 Å². The van der Waals surface area contributed by atoms with Crippen LogP contribution in [0.4, 0.5) is 4.79 Å². The second-order valence-electron chi connectivity index (χ2n) is 10.9. The van der Waals surface area contributed by atoms with E-state index in [1.54, 1.807) is 13.8 Å². The fourth-order valence-corrected chi connectivity index (χ4v) is 2.73. The molecule has 0 aromatic carbocycles. The molecule has 0 fully saturated rings. The molecule has 0 saturated heterocycles. The number of alkyl carbamates (subject to hydrolysis) is 1. The average molecular weight is 546 g/mol. The molecule has 0 rings (SSSR count). The molecule has 1 amide bonds. The molecule has 0 aromatic rings. The van der Waals surface area contributed by atoms with Crippen molar-refractivity contribution in [1.29, 1.82) is 0 Å². The number of carbonyl (C=O) groups excluding carboxylic acids is 3. The summed E-state index contributed by atoms with van der Waals surface area (Å²) in [5, 5.41) is 11.0. The molecule has 224 valence electrons. The Hall–Kier alpha value is -2.32. The first kappa shape index (κ1) is 37.8. The summed E-state index contributed by atoms with van der Waals surface area (Å²) in [6.45, 7) is 16.3. The third-order valence-electron chi connectivity index (χ3n) is 6.79. The van der Waals surface area contributed by atoms with Gasteiger partial charge in [-0.05, 0) is 72.1 Å². The Morgan fingerprint density at radius 3 is 1.92 bits per heavy atom. The van der Waals surface area contributed by atoms with Gasteiger partial charge in [0.2, 0.25) is 0 Å². The fourth-order valence-electron chi connectivity index (χ4n) is 2.73. The summed E-state index contributed by atoms with van der Waals surface area (Å²) >= 11 is 0. The van der Waals surface area contributed by atoms with Gasteiger partial charge in [-0.2, -0.15) is 0 Å². The van der Waals surface area contributed by atoms with Crippen molar-refractivity contribution in [3.8, 4) is 0 Å². The molecule has 38 heavy (non-hydrogen) atoms. The van der Waals surface area contributed by atoms with Crippen LogP contribution in [0.3, 0.4) is 0 Å². The number of esters is 2. The largest absolute Gasteiger partial charge is 0.481 e. The Balaban J connectivity index is 0. The molecule has 0 heterocycles. The van der Waals surface area contributed by atoms with Crippen LogP contribution in [0.15, 0.2) is 0 Å². The predicted octanol–water partition coefficient (Wildman–Crippen LogP) is 6.52. The molecule has 1 unspecified atom stereocenters. The Morgan fingerprint density at radius 1 is 0.789 bits per heavy atom. The van der Waals surface area contributed by atoms with Crippen LogP contribution in [0.25, 0.3) is 0 Å². The smallest absolute Gasteiger partial charge is 0.407 e. The van der Waals surface area contributed by atoms with Crippen molar-refractivity contribution in [1.82, 2.24) is 5.32 Å². The van der Waals surface area contributed by atoms with Crippen LogP contribution in [0.2, 0.25) is 0 Å². The fraction of sp³-hybridized carbons (Fsp3) is 0.862. The van der Waals surface area contributed by atoms with E-state index in [0.717, 1.165) is 32.1 Å². The van der Waals surface area contributed by atoms with Crippen LogP contribution >= 0.6 is 0 Å². The maximum absolute atomic E-state index is 11.8. The van der Waals surface area contributed by atoms with Gasteiger partial charge < -0.3 is 24.6 Å². The van der Waals surface area contributed by atoms with E-state index in [0.29, 0.717) is 44.8 Å². The lowest BCUT2D eigenvalue weighted by molar-refractivity contribution is -0.154. The molecule has 0 bridgehead atoms. The standard InChI is InChI=1S/C23H43NO6.C6H12O2/c1-6-9-13-19(7-2)18-30-20(25)14-11-10-12-16-29-22(27)24-15-17-28-21(26)23(4,5)8-3;1-4-6(2,3)5(7)8/h19H,6-18H2,1-5H3,(H,24,27);4H2,1-3H3,(H,7,8). The number of nitrogens with one attached hydrogen (secondary N) is 1. The van der Waals surface area contributed by atoms with E-state index >= 15 is 0 Å². The zero-order valence-electron chi connectivity index (χ0n) is 25.3. The second kappa shape index (κ2) is 21.6. The van der Waals surface area contributed by atoms with Gasteiger partial charge in [0.05, 0.1) is 30.6 Å². The number of carboxylic acid groups (broad SMARTS) is 1. The van der Waals surface area contributed by atoms with Crippen LogP contribution in [-0.2, 0) is 28.6 Å². The third-order valence-corrected chi connectivity index (χ3v) is 6.79. The minimum Gasteiger partial charge on any atom is -0.481 e. The predicted molar refractivity (Wildman–Crippen MR) is 149 cm³/mol. The highest BCUT2D eigenvalue weighted by Gasteiger charge is 2.26. The maximum atomic E-state index is 11.8. The van der Waals surface area contributed by atoms with Gasteiger partial charge in [-0.3, -0.25) is 14.4 Å². The van der Waals surface area contributed by atoms with Crippen molar-refractivity contribution in [2.24, 2.45) is 16.7 Å². The summed E-state index contributed by atoms with van der Waals surface area (Å²) in [4.78, 5) is 45.4. The van der Waals surface area contributed by atoms with Gasteiger partial charge in [0, 0.05) is 6.42 Å². The van der Waals surface area contributed by atoms with Crippen LogP contribution in [-0.4, -0.2) is 55.5 Å². The lowest BCUT2D eigenvalue weighted by atomic mass is 9.91. The number of rotatable bonds is 19. The Morgan fingerprint density at radius 2 is 1.42 bits per heavy atom. The Kier molecular flexibility index (Phi) is 21.5. The lowest BCUT2D eigenvalue weighted by Crippen LogP contribution is -2.32. The lowest BCUT2D eigenvalue weighted by Gasteiger charge is -2.20. The van der Waals surface area contributed by atoms with E-state index in [-0.39, 0.29) is 25.1 Å². The van der Waals surface area contributed by atoms with Crippen molar-refractivity contribution >= 4 is 24.0 Å². The van der Waals surface area contributed by atoms with E-state index in [2.05, 4.69) is 19.2 Å². The number of carboxylic acids is 1. The van der Waals surface area contributed by atoms with Gasteiger partial charge in [0.1, 0.15) is 6.61 Å². The molecule has 0 spiro atoms. The highest BCUT2D eigenvalue weighted by atomic mass is 16.6. The Labute approximate surface area is 230 Å². The zero-order valence-corrected chi connectivity index (χ0v) is 25.3. The van der Waals surface area contributed by atoms with Gasteiger partial charge in [0.15, 0.2) is 0 Å². The molecule has 0 aromatic heterocycles. The summed E-state index contributed by atoms with van der Waals surface area (Å²) in [5.41, 5.74) is -1.06. The van der Waals surface area contributed by atoms with Gasteiger partial charge in [0.25, 0.3) is 0 Å². The molecule has 0 aliphatic carbocycles. The third kappa shape index (κ3) is 19.7. The van der Waals surface area contributed by atoms with Crippen molar-refractivity contribution in [2.75, 3.05) is 26.4 Å². The van der Waals surface area contributed by atoms with Gasteiger partial charge in [-0.1, -0.05) is 47.0 Å². The summed E-state index contributed by atoms with van der Waals surface area (Å²) < 4.78 is 15.6. The quantitative estimate of drug-likeness (QED) is 0.107. The molecule has 0 saturated carbocycles. The summed E-state index contributed by atoms with van der Waals surface area (Å²) in [6, 6.07) is 0. The summed E-state index contributed by atoms with van der Waals surface area (Å²) in [5.74, 6) is -0.684. The minimum absolute atomic E-state index is 0.122. The molecule has 9 nitrogen and oxygen atoms in total. The zero-order chi connectivity index (χ0) is 29.6. The summed E-state index contributed by atoms with van der Waals surface area (Å²) in [6.07, 6.45) is 7.92. The van der Waals surface area contributed by atoms with Crippen LogP contribution < -0.4 is 5.32 Å². The molecule has 1 atom stereocenters. The SMILES string of the molecule is CCC(C)(C)C(=O)O.CCCCC(CC)COC(=O)CCCCCOC(=O)NCCOC(=O)C(C)(C)CC. The number of hydrogen-bond donors (Lipinski definition) is 2. The first-order valence-corrected chi connectivity index (χ1v) is 14.2. The summed E-state index contributed by atoms with van der Waals surface area (Å²) in [7, 11) is 0. The topological polar surface area (TPSA) is 128 Å². The van der Waals surface area contributed by atoms with E-state index < -0.39 is 22.9 Å². The molecule has 9 heteroatoms. The maximum Gasteiger partial charge on any atom is 0.407 e. The van der Waals surface area contributed by atoms with Crippen LogP contribution in [0.1, 0.15) is 120 Å². The van der Waals surface area contributed by atoms with Gasteiger partial charge >= 0.3 is 24.0 Å². The minimum atomic E-state index is -0.722. The van der Waals surface area contributed by atoms with Crippen LogP contribution in [0.5, 0.6) is 0 Å². The normalized spacial score (nSPS) is 12.0.